The van der Waals surface area contributed by atoms with E-state index in [4.69, 9.17) is 37.9 Å². The first-order valence-electron chi connectivity index (χ1n) is 23.6. The van der Waals surface area contributed by atoms with E-state index in [2.05, 4.69) is 27.9 Å². The molecule has 0 aromatic heterocycles. The molecule has 12 rings (SSSR count). The SMILES string of the molecule is CI.COCOc1ccc2c(c1)Oc1cc(N(C)c3ccc([N+](=O)[O-])cc3)ccc1C21OC(=O)c2ccccc21.COCOc1ccc2c(c1)Oc1cc(Nc3ccc([N+](=O)[O-])cc3)ccc1C21OC(=O)c2ccccc21. The molecule has 0 saturated carbocycles. The van der Waals surface area contributed by atoms with Crippen molar-refractivity contribution in [3.8, 4) is 34.5 Å². The molecule has 4 aliphatic rings. The molecule has 0 fully saturated rings. The van der Waals surface area contributed by atoms with E-state index in [0.717, 1.165) is 22.5 Å². The molecule has 1 N–H and O–H groups in total. The van der Waals surface area contributed by atoms with Gasteiger partial charge >= 0.3 is 11.9 Å². The van der Waals surface area contributed by atoms with Crippen molar-refractivity contribution in [1.82, 2.24) is 0 Å². The molecule has 8 aromatic carbocycles. The molecule has 2 unspecified atom stereocenters. The van der Waals surface area contributed by atoms with E-state index in [0.29, 0.717) is 79.3 Å². The number of fused-ring (bicyclic) bond motifs is 12. The Morgan fingerprint density at radius 2 is 0.909 bits per heavy atom. The number of nitrogens with one attached hydrogen (secondary N) is 1. The van der Waals surface area contributed by atoms with E-state index >= 15 is 0 Å². The lowest BCUT2D eigenvalue weighted by Gasteiger charge is -2.37. The number of nitro benzene ring substituents is 2. The quantitative estimate of drug-likeness (QED) is 0.0301. The molecule has 0 saturated heterocycles. The van der Waals surface area contributed by atoms with Gasteiger partial charge in [-0.05, 0) is 89.9 Å². The zero-order chi connectivity index (χ0) is 54.0. The van der Waals surface area contributed by atoms with Crippen molar-refractivity contribution >= 4 is 68.7 Å². The highest BCUT2D eigenvalue weighted by Gasteiger charge is 2.55. The molecule has 2 atom stereocenters. The summed E-state index contributed by atoms with van der Waals surface area (Å²) in [7, 11) is 4.93. The number of rotatable bonds is 12. The van der Waals surface area contributed by atoms with Crippen LogP contribution in [0.4, 0.5) is 34.1 Å². The molecule has 0 amide bonds. The van der Waals surface area contributed by atoms with E-state index < -0.39 is 33.0 Å². The van der Waals surface area contributed by atoms with Crippen LogP contribution in [-0.4, -0.2) is 61.6 Å². The van der Waals surface area contributed by atoms with E-state index in [9.17, 15) is 29.8 Å². The van der Waals surface area contributed by atoms with Crippen molar-refractivity contribution in [1.29, 1.82) is 0 Å². The van der Waals surface area contributed by atoms with Crippen LogP contribution in [0.2, 0.25) is 0 Å². The normalized spacial score (nSPS) is 16.3. The molecular weight excluding hydrogens is 1100 g/mol. The predicted octanol–water partition coefficient (Wildman–Crippen LogP) is 12.9. The molecule has 19 heteroatoms. The van der Waals surface area contributed by atoms with E-state index in [1.165, 1.54) is 38.5 Å². The topological polar surface area (TPSA) is 210 Å². The summed E-state index contributed by atoms with van der Waals surface area (Å²) >= 11 is 2.15. The number of ether oxygens (including phenoxy) is 8. The largest absolute Gasteiger partial charge is 0.467 e. The summed E-state index contributed by atoms with van der Waals surface area (Å²) in [4.78, 5) is 51.0. The van der Waals surface area contributed by atoms with Gasteiger partial charge in [0.05, 0.1) is 21.0 Å². The van der Waals surface area contributed by atoms with Crippen LogP contribution in [0, 0.1) is 20.2 Å². The number of non-ortho nitro benzene ring substituents is 2. The molecule has 4 aliphatic heterocycles. The number of nitro groups is 2. The third kappa shape index (κ3) is 9.23. The molecule has 0 radical (unpaired) electrons. The van der Waals surface area contributed by atoms with Crippen LogP contribution in [-0.2, 0) is 30.1 Å². The van der Waals surface area contributed by atoms with Gasteiger partial charge in [-0.2, -0.15) is 0 Å². The number of methoxy groups -OCH3 is 2. The number of halogens is 1. The molecule has 388 valence electrons. The number of alkyl halides is 1. The average molecular weight is 1150 g/mol. The Morgan fingerprint density at radius 1 is 0.506 bits per heavy atom. The molecule has 18 nitrogen and oxygen atoms in total. The summed E-state index contributed by atoms with van der Waals surface area (Å²) in [6.45, 7) is 0.143. The monoisotopic (exact) mass is 1150 g/mol. The number of esters is 2. The number of carbonyl (C=O) groups is 2. The number of benzene rings is 8. The van der Waals surface area contributed by atoms with Gasteiger partial charge in [0.25, 0.3) is 11.4 Å². The molecule has 8 aromatic rings. The van der Waals surface area contributed by atoms with Crippen molar-refractivity contribution < 1.29 is 57.3 Å². The Bertz CT molecular complexity index is 3620. The van der Waals surface area contributed by atoms with Crippen molar-refractivity contribution in [3.63, 3.8) is 0 Å². The number of hydrogen-bond acceptors (Lipinski definition) is 16. The molecule has 0 bridgehead atoms. The van der Waals surface area contributed by atoms with E-state index in [-0.39, 0.29) is 25.0 Å². The van der Waals surface area contributed by atoms with Gasteiger partial charge in [0.15, 0.2) is 24.8 Å². The highest BCUT2D eigenvalue weighted by molar-refractivity contribution is 14.1. The average Bonchev–Trinajstić information content (AvgIpc) is 4.15. The Balaban J connectivity index is 0.000000169. The molecule has 2 spiro atoms. The zero-order valence-electron chi connectivity index (χ0n) is 41.5. The highest BCUT2D eigenvalue weighted by Crippen LogP contribution is 2.59. The van der Waals surface area contributed by atoms with Gasteiger partial charge < -0.3 is 48.1 Å². The maximum atomic E-state index is 13.0. The van der Waals surface area contributed by atoms with Gasteiger partial charge in [0, 0.05) is 126 Å². The first-order valence-corrected chi connectivity index (χ1v) is 25.8. The minimum atomic E-state index is -1.19. The lowest BCUT2D eigenvalue weighted by Crippen LogP contribution is -2.33. The lowest BCUT2D eigenvalue weighted by atomic mass is 9.77. The second kappa shape index (κ2) is 21.3. The molecular formula is C58H45IN4O14. The number of carbonyl (C=O) groups excluding carboxylic acids is 2. The zero-order valence-corrected chi connectivity index (χ0v) is 43.7. The maximum Gasteiger partial charge on any atom is 0.340 e. The van der Waals surface area contributed by atoms with Crippen molar-refractivity contribution in [3.05, 3.63) is 235 Å². The second-order valence-corrected chi connectivity index (χ2v) is 17.5. The summed E-state index contributed by atoms with van der Waals surface area (Å²) < 4.78 is 46.3. The smallest absolute Gasteiger partial charge is 0.340 e. The second-order valence-electron chi connectivity index (χ2n) is 17.5. The van der Waals surface area contributed by atoms with Gasteiger partial charge in [-0.1, -0.05) is 59.0 Å². The van der Waals surface area contributed by atoms with Gasteiger partial charge in [0.1, 0.15) is 34.5 Å². The summed E-state index contributed by atoms with van der Waals surface area (Å²) in [5.74, 6) is 2.24. The standard InChI is InChI=1S/C29H22N2O7.C28H20N2O7.CH3I/c1-30(18-7-9-19(10-8-18)31(33)34)20-11-13-24-26(15-20)37-27-16-21(36-17-35-2)12-14-25(27)29(24)23-6-4-3-5-22(23)28(32)38-29;1-34-16-35-20-11-13-24-26(15-20)36-25-14-18(29-17-6-9-19(10-7-17)30(32)33)8-12-23(25)28(24)22-5-3-2-4-21(22)27(31)37-28;1-2/h3-16H,17H2,1-2H3;2-15,29H,16H2,1H3;1H3. The van der Waals surface area contributed by atoms with Gasteiger partial charge in [-0.25, -0.2) is 9.59 Å². The van der Waals surface area contributed by atoms with Gasteiger partial charge in [-0.15, -0.1) is 0 Å². The third-order valence-electron chi connectivity index (χ3n) is 13.2. The first kappa shape index (κ1) is 51.4. The fourth-order valence-electron chi connectivity index (χ4n) is 9.80. The van der Waals surface area contributed by atoms with Crippen molar-refractivity contribution in [2.75, 3.05) is 50.0 Å². The highest BCUT2D eigenvalue weighted by atomic mass is 127. The van der Waals surface area contributed by atoms with Crippen LogP contribution in [0.1, 0.15) is 54.1 Å². The Morgan fingerprint density at radius 3 is 1.39 bits per heavy atom. The predicted molar refractivity (Wildman–Crippen MR) is 292 cm³/mol. The fourth-order valence-corrected chi connectivity index (χ4v) is 9.80. The number of nitrogens with zero attached hydrogens (tertiary/aromatic N) is 3. The van der Waals surface area contributed by atoms with Crippen LogP contribution >= 0.6 is 22.6 Å². The Kier molecular flexibility index (Phi) is 14.2. The molecule has 4 heterocycles. The van der Waals surface area contributed by atoms with Crippen LogP contribution < -0.4 is 29.2 Å². The van der Waals surface area contributed by atoms with Crippen LogP contribution in [0.5, 0.6) is 34.5 Å². The van der Waals surface area contributed by atoms with Crippen LogP contribution in [0.15, 0.2) is 170 Å². The molecule has 0 aliphatic carbocycles. The number of anilines is 4. The van der Waals surface area contributed by atoms with E-state index in [1.807, 2.05) is 89.7 Å². The van der Waals surface area contributed by atoms with Crippen molar-refractivity contribution in [2.45, 2.75) is 11.2 Å². The molecule has 77 heavy (non-hydrogen) atoms. The minimum Gasteiger partial charge on any atom is -0.467 e. The number of hydrogen-bond donors (Lipinski definition) is 1. The van der Waals surface area contributed by atoms with Crippen LogP contribution in [0.25, 0.3) is 0 Å². The summed E-state index contributed by atoms with van der Waals surface area (Å²) in [6, 6.07) is 49.0. The van der Waals surface area contributed by atoms with Gasteiger partial charge in [0.2, 0.25) is 0 Å². The summed E-state index contributed by atoms with van der Waals surface area (Å²) in [5.41, 5.74) is 5.72. The van der Waals surface area contributed by atoms with Crippen molar-refractivity contribution in [2.24, 2.45) is 0 Å². The minimum absolute atomic E-state index is 0.00563. The summed E-state index contributed by atoms with van der Waals surface area (Å²) in [5, 5.41) is 25.3. The summed E-state index contributed by atoms with van der Waals surface area (Å²) in [6.07, 6.45) is 0. The maximum absolute atomic E-state index is 13.0. The third-order valence-corrected chi connectivity index (χ3v) is 13.2. The first-order chi connectivity index (χ1) is 37.4. The Hall–Kier alpha value is -9.05. The fraction of sp³-hybridized carbons (Fsp3) is 0.138. The van der Waals surface area contributed by atoms with Gasteiger partial charge in [-0.3, -0.25) is 20.2 Å². The lowest BCUT2D eigenvalue weighted by molar-refractivity contribution is -0.385. The van der Waals surface area contributed by atoms with Crippen LogP contribution in [0.3, 0.4) is 0 Å². The Labute approximate surface area is 454 Å². The van der Waals surface area contributed by atoms with E-state index in [1.54, 1.807) is 72.8 Å².